The molecule has 130 valence electrons. The maximum absolute atomic E-state index is 5.84. The molecular weight excluding hydrogens is 342 g/mol. The molecule has 4 nitrogen and oxygen atoms in total. The molecule has 4 aromatic rings. The molecule has 0 atom stereocenters. The van der Waals surface area contributed by atoms with Gasteiger partial charge in [-0.1, -0.05) is 18.2 Å². The summed E-state index contributed by atoms with van der Waals surface area (Å²) in [6, 6.07) is 17.7. The predicted octanol–water partition coefficient (Wildman–Crippen LogP) is 6.15. The molecule has 26 heavy (non-hydrogen) atoms. The van der Waals surface area contributed by atoms with Gasteiger partial charge in [-0.3, -0.25) is 0 Å². The van der Waals surface area contributed by atoms with Gasteiger partial charge in [-0.25, -0.2) is 9.97 Å². The zero-order valence-corrected chi connectivity index (χ0v) is 15.7. The molecule has 0 saturated carbocycles. The Hall–Kier alpha value is -2.92. The lowest BCUT2D eigenvalue weighted by Crippen LogP contribution is -1.98. The highest BCUT2D eigenvalue weighted by Crippen LogP contribution is 2.34. The number of nitrogens with zero attached hydrogens (tertiary/aromatic N) is 2. The number of fused-ring (bicyclic) bond motifs is 1. The van der Waals surface area contributed by atoms with E-state index in [2.05, 4.69) is 29.1 Å². The second kappa shape index (κ2) is 6.77. The third-order valence-corrected chi connectivity index (χ3v) is 5.34. The van der Waals surface area contributed by atoms with E-state index in [4.69, 9.17) is 4.74 Å². The summed E-state index contributed by atoms with van der Waals surface area (Å²) in [5, 5.41) is 4.53. The highest BCUT2D eigenvalue weighted by molar-refractivity contribution is 7.18. The Balaban J connectivity index is 1.61. The fourth-order valence-corrected chi connectivity index (χ4v) is 3.89. The molecule has 4 rings (SSSR count). The molecule has 0 spiro atoms. The minimum absolute atomic E-state index is 0.769. The van der Waals surface area contributed by atoms with Gasteiger partial charge in [0.15, 0.2) is 0 Å². The molecule has 1 N–H and O–H groups in total. The van der Waals surface area contributed by atoms with Gasteiger partial charge < -0.3 is 10.1 Å². The second-order valence-corrected chi connectivity index (χ2v) is 7.35. The van der Waals surface area contributed by atoms with Gasteiger partial charge in [0.2, 0.25) is 0 Å². The van der Waals surface area contributed by atoms with E-state index in [0.29, 0.717) is 0 Å². The standard InChI is InChI=1S/C21H19N3OS/c1-13-14(2)26-21-19(13)20(22-15(3)23-21)24-16-9-11-18(12-10-16)25-17-7-5-4-6-8-17/h4-12H,1-3H3,(H,22,23,24). The van der Waals surface area contributed by atoms with E-state index < -0.39 is 0 Å². The molecule has 0 aliphatic heterocycles. The van der Waals surface area contributed by atoms with Gasteiger partial charge in [0.05, 0.1) is 5.39 Å². The van der Waals surface area contributed by atoms with Crippen LogP contribution in [0.5, 0.6) is 11.5 Å². The molecule has 0 fully saturated rings. The summed E-state index contributed by atoms with van der Waals surface area (Å²) in [5.74, 6) is 3.25. The van der Waals surface area contributed by atoms with Crippen LogP contribution in [0.2, 0.25) is 0 Å². The van der Waals surface area contributed by atoms with Gasteiger partial charge in [0.1, 0.15) is 28.0 Å². The second-order valence-electron chi connectivity index (χ2n) is 6.15. The summed E-state index contributed by atoms with van der Waals surface area (Å²) in [7, 11) is 0. The van der Waals surface area contributed by atoms with Crippen LogP contribution >= 0.6 is 11.3 Å². The zero-order chi connectivity index (χ0) is 18.1. The summed E-state index contributed by atoms with van der Waals surface area (Å²) in [4.78, 5) is 11.5. The monoisotopic (exact) mass is 361 g/mol. The fraction of sp³-hybridized carbons (Fsp3) is 0.143. The topological polar surface area (TPSA) is 47.0 Å². The van der Waals surface area contributed by atoms with Crippen molar-refractivity contribution < 1.29 is 4.74 Å². The Labute approximate surface area is 156 Å². The smallest absolute Gasteiger partial charge is 0.143 e. The van der Waals surface area contributed by atoms with E-state index in [9.17, 15) is 0 Å². The van der Waals surface area contributed by atoms with Gasteiger partial charge in [0.25, 0.3) is 0 Å². The maximum atomic E-state index is 5.84. The van der Waals surface area contributed by atoms with E-state index in [0.717, 1.165) is 39.0 Å². The number of anilines is 2. The molecule has 2 aromatic carbocycles. The Morgan fingerprint density at radius 2 is 1.54 bits per heavy atom. The summed E-state index contributed by atoms with van der Waals surface area (Å²) in [6.45, 7) is 6.16. The Morgan fingerprint density at radius 3 is 2.27 bits per heavy atom. The van der Waals surface area contributed by atoms with E-state index in [1.54, 1.807) is 11.3 Å². The molecule has 0 unspecified atom stereocenters. The third kappa shape index (κ3) is 3.26. The first-order valence-corrected chi connectivity index (χ1v) is 9.26. The molecule has 0 bridgehead atoms. The number of aromatic nitrogens is 2. The van der Waals surface area contributed by atoms with Crippen molar-refractivity contribution >= 4 is 33.1 Å². The first-order chi connectivity index (χ1) is 12.6. The van der Waals surface area contributed by atoms with Gasteiger partial charge >= 0.3 is 0 Å². The predicted molar refractivity (Wildman–Crippen MR) is 108 cm³/mol. The average molecular weight is 361 g/mol. The maximum Gasteiger partial charge on any atom is 0.143 e. The highest BCUT2D eigenvalue weighted by Gasteiger charge is 2.13. The fourth-order valence-electron chi connectivity index (χ4n) is 2.81. The van der Waals surface area contributed by atoms with Crippen molar-refractivity contribution in [2.75, 3.05) is 5.32 Å². The quantitative estimate of drug-likeness (QED) is 0.473. The summed E-state index contributed by atoms with van der Waals surface area (Å²) in [5.41, 5.74) is 2.20. The SMILES string of the molecule is Cc1nc(Nc2ccc(Oc3ccccc3)cc2)c2c(C)c(C)sc2n1. The van der Waals surface area contributed by atoms with Crippen LogP contribution in [0.1, 0.15) is 16.3 Å². The highest BCUT2D eigenvalue weighted by atomic mass is 32.1. The lowest BCUT2D eigenvalue weighted by Gasteiger charge is -2.10. The minimum Gasteiger partial charge on any atom is -0.457 e. The molecule has 0 aliphatic carbocycles. The number of thiophene rings is 1. The van der Waals surface area contributed by atoms with Crippen LogP contribution in [-0.4, -0.2) is 9.97 Å². The van der Waals surface area contributed by atoms with E-state index in [1.807, 2.05) is 61.5 Å². The molecule has 0 amide bonds. The van der Waals surface area contributed by atoms with E-state index >= 15 is 0 Å². The summed E-state index contributed by atoms with van der Waals surface area (Å²) >= 11 is 1.71. The summed E-state index contributed by atoms with van der Waals surface area (Å²) in [6.07, 6.45) is 0. The van der Waals surface area contributed by atoms with Crippen LogP contribution < -0.4 is 10.1 Å². The first kappa shape index (κ1) is 16.5. The van der Waals surface area contributed by atoms with Crippen molar-refractivity contribution in [1.82, 2.24) is 9.97 Å². The number of hydrogen-bond acceptors (Lipinski definition) is 5. The van der Waals surface area contributed by atoms with Crippen LogP contribution in [0.25, 0.3) is 10.2 Å². The minimum atomic E-state index is 0.769. The molecule has 5 heteroatoms. The van der Waals surface area contributed by atoms with Gasteiger partial charge in [0, 0.05) is 10.6 Å². The normalized spacial score (nSPS) is 10.9. The lowest BCUT2D eigenvalue weighted by atomic mass is 10.2. The number of hydrogen-bond donors (Lipinski definition) is 1. The Bertz CT molecular complexity index is 1060. The number of nitrogens with one attached hydrogen (secondary N) is 1. The van der Waals surface area contributed by atoms with Crippen LogP contribution in [0.4, 0.5) is 11.5 Å². The van der Waals surface area contributed by atoms with Crippen LogP contribution in [-0.2, 0) is 0 Å². The van der Waals surface area contributed by atoms with Crippen LogP contribution in [0.15, 0.2) is 54.6 Å². The van der Waals surface area contributed by atoms with Gasteiger partial charge in [-0.05, 0) is 62.7 Å². The summed E-state index contributed by atoms with van der Waals surface area (Å²) < 4.78 is 5.84. The van der Waals surface area contributed by atoms with Crippen LogP contribution in [0.3, 0.4) is 0 Å². The van der Waals surface area contributed by atoms with E-state index in [1.165, 1.54) is 10.4 Å². The zero-order valence-electron chi connectivity index (χ0n) is 14.9. The number of ether oxygens (including phenoxy) is 1. The number of rotatable bonds is 4. The average Bonchev–Trinajstić information content (AvgIpc) is 2.91. The number of aryl methyl sites for hydroxylation is 3. The number of benzene rings is 2. The van der Waals surface area contributed by atoms with Crippen molar-refractivity contribution in [2.45, 2.75) is 20.8 Å². The lowest BCUT2D eigenvalue weighted by molar-refractivity contribution is 0.483. The van der Waals surface area contributed by atoms with Crippen molar-refractivity contribution in [3.8, 4) is 11.5 Å². The van der Waals surface area contributed by atoms with Crippen molar-refractivity contribution in [2.24, 2.45) is 0 Å². The van der Waals surface area contributed by atoms with Crippen molar-refractivity contribution in [3.05, 3.63) is 70.9 Å². The third-order valence-electron chi connectivity index (χ3n) is 4.24. The number of para-hydroxylation sites is 1. The molecular formula is C21H19N3OS. The van der Waals surface area contributed by atoms with Crippen molar-refractivity contribution in [3.63, 3.8) is 0 Å². The molecule has 0 aliphatic rings. The molecule has 2 aromatic heterocycles. The van der Waals surface area contributed by atoms with Crippen LogP contribution in [0, 0.1) is 20.8 Å². The van der Waals surface area contributed by atoms with Gasteiger partial charge in [-0.15, -0.1) is 11.3 Å². The molecule has 0 saturated heterocycles. The molecule has 0 radical (unpaired) electrons. The Morgan fingerprint density at radius 1 is 0.846 bits per heavy atom. The Kier molecular flexibility index (Phi) is 4.31. The van der Waals surface area contributed by atoms with Crippen molar-refractivity contribution in [1.29, 1.82) is 0 Å². The van der Waals surface area contributed by atoms with E-state index in [-0.39, 0.29) is 0 Å². The molecule has 2 heterocycles. The largest absolute Gasteiger partial charge is 0.457 e. The van der Waals surface area contributed by atoms with Gasteiger partial charge in [-0.2, -0.15) is 0 Å². The first-order valence-electron chi connectivity index (χ1n) is 8.44.